The van der Waals surface area contributed by atoms with Crippen LogP contribution in [0.3, 0.4) is 0 Å². The van der Waals surface area contributed by atoms with Crippen LogP contribution in [0.25, 0.3) is 0 Å². The molecular weight excluding hydrogens is 351 g/mol. The molecule has 2 amide bonds. The van der Waals surface area contributed by atoms with Crippen molar-refractivity contribution in [3.05, 3.63) is 29.8 Å². The summed E-state index contributed by atoms with van der Waals surface area (Å²) >= 11 is 16.5. The van der Waals surface area contributed by atoms with Crippen LogP contribution < -0.4 is 10.6 Å². The van der Waals surface area contributed by atoms with E-state index >= 15 is 0 Å². The molecule has 122 valence electrons. The molecule has 0 spiro atoms. The van der Waals surface area contributed by atoms with Gasteiger partial charge in [-0.05, 0) is 25.5 Å². The van der Waals surface area contributed by atoms with Gasteiger partial charge in [0, 0.05) is 19.8 Å². The number of ether oxygens (including phenoxy) is 1. The maximum Gasteiger partial charge on any atom is 0.276 e. The van der Waals surface area contributed by atoms with E-state index in [0.29, 0.717) is 31.7 Å². The van der Waals surface area contributed by atoms with Crippen LogP contribution in [0.4, 0.5) is 5.69 Å². The highest BCUT2D eigenvalue weighted by Gasteiger charge is 2.31. The third kappa shape index (κ3) is 6.40. The number of halogens is 3. The Bertz CT molecular complexity index is 518. The lowest BCUT2D eigenvalue weighted by Gasteiger charge is -2.14. The molecule has 8 heteroatoms. The molecule has 0 aliphatic rings. The van der Waals surface area contributed by atoms with E-state index in [4.69, 9.17) is 39.5 Å². The van der Waals surface area contributed by atoms with Gasteiger partial charge >= 0.3 is 0 Å². The Morgan fingerprint density at radius 3 is 2.55 bits per heavy atom. The Hall–Kier alpha value is -1.01. The Kier molecular flexibility index (Phi) is 7.96. The molecule has 0 heterocycles. The van der Waals surface area contributed by atoms with E-state index in [9.17, 15) is 9.59 Å². The van der Waals surface area contributed by atoms with Crippen molar-refractivity contribution in [3.8, 4) is 0 Å². The van der Waals surface area contributed by atoms with Gasteiger partial charge in [0.15, 0.2) is 0 Å². The second-order valence-corrected chi connectivity index (χ2v) is 6.59. The first-order chi connectivity index (χ1) is 10.4. The number of para-hydroxylation sites is 1. The van der Waals surface area contributed by atoms with Gasteiger partial charge in [0.2, 0.25) is 0 Å². The fourth-order valence-corrected chi connectivity index (χ4v) is 1.74. The molecule has 0 bridgehead atoms. The lowest BCUT2D eigenvalue weighted by Crippen LogP contribution is -2.30. The molecule has 0 unspecified atom stereocenters. The van der Waals surface area contributed by atoms with E-state index < -0.39 is 9.70 Å². The van der Waals surface area contributed by atoms with Crippen LogP contribution in [-0.2, 0) is 9.53 Å². The number of alkyl halides is 3. The summed E-state index contributed by atoms with van der Waals surface area (Å²) in [6, 6.07) is 6.48. The molecule has 0 aliphatic heterocycles. The zero-order valence-electron chi connectivity index (χ0n) is 12.0. The van der Waals surface area contributed by atoms with E-state index in [2.05, 4.69) is 10.6 Å². The first-order valence-electron chi connectivity index (χ1n) is 6.69. The number of carbonyl (C=O) groups excluding carboxylic acids is 2. The fraction of sp³-hybridized carbons (Fsp3) is 0.429. The second-order valence-electron chi connectivity index (χ2n) is 4.30. The summed E-state index contributed by atoms with van der Waals surface area (Å²) in [5, 5.41) is 5.16. The van der Waals surface area contributed by atoms with Crippen molar-refractivity contribution in [2.45, 2.75) is 17.1 Å². The summed E-state index contributed by atoms with van der Waals surface area (Å²) in [4.78, 5) is 23.8. The van der Waals surface area contributed by atoms with E-state index in [1.54, 1.807) is 24.3 Å². The van der Waals surface area contributed by atoms with Crippen molar-refractivity contribution in [2.24, 2.45) is 0 Å². The van der Waals surface area contributed by atoms with E-state index in [1.807, 2.05) is 6.92 Å². The maximum atomic E-state index is 12.1. The third-order valence-corrected chi connectivity index (χ3v) is 3.15. The molecule has 0 fully saturated rings. The minimum atomic E-state index is -2.10. The Labute approximate surface area is 144 Å². The number of hydrogen-bond acceptors (Lipinski definition) is 3. The Balaban J connectivity index is 2.67. The molecule has 0 radical (unpaired) electrons. The van der Waals surface area contributed by atoms with E-state index in [1.165, 1.54) is 0 Å². The van der Waals surface area contributed by atoms with Crippen LogP contribution in [0.15, 0.2) is 24.3 Å². The number of anilines is 1. The monoisotopic (exact) mass is 366 g/mol. The average molecular weight is 368 g/mol. The number of rotatable bonds is 7. The van der Waals surface area contributed by atoms with Crippen molar-refractivity contribution < 1.29 is 14.3 Å². The first kappa shape index (κ1) is 19.0. The summed E-state index contributed by atoms with van der Waals surface area (Å²) in [5.74, 6) is -1.15. The smallest absolute Gasteiger partial charge is 0.276 e. The van der Waals surface area contributed by atoms with Gasteiger partial charge in [-0.3, -0.25) is 9.59 Å². The van der Waals surface area contributed by atoms with Crippen LogP contribution in [0, 0.1) is 0 Å². The minimum Gasteiger partial charge on any atom is -0.382 e. The van der Waals surface area contributed by atoms with Crippen molar-refractivity contribution in [1.82, 2.24) is 5.32 Å². The highest BCUT2D eigenvalue weighted by molar-refractivity contribution is 6.76. The molecule has 1 aromatic carbocycles. The number of benzene rings is 1. The third-order valence-electron chi connectivity index (χ3n) is 2.63. The summed E-state index contributed by atoms with van der Waals surface area (Å²) in [6.45, 7) is 3.58. The van der Waals surface area contributed by atoms with Crippen LogP contribution in [0.2, 0.25) is 0 Å². The molecule has 1 rings (SSSR count). The lowest BCUT2D eigenvalue weighted by molar-refractivity contribution is -0.115. The SMILES string of the molecule is CCOCCCNC(=O)c1ccccc1NC(=O)C(Cl)(Cl)Cl. The summed E-state index contributed by atoms with van der Waals surface area (Å²) in [6.07, 6.45) is 0.697. The van der Waals surface area contributed by atoms with Crippen LogP contribution in [0.1, 0.15) is 23.7 Å². The summed E-state index contributed by atoms with van der Waals surface area (Å²) < 4.78 is 3.09. The number of amides is 2. The van der Waals surface area contributed by atoms with Gasteiger partial charge in [0.25, 0.3) is 15.6 Å². The largest absolute Gasteiger partial charge is 0.382 e. The molecule has 0 aliphatic carbocycles. The van der Waals surface area contributed by atoms with Crippen molar-refractivity contribution in [1.29, 1.82) is 0 Å². The normalized spacial score (nSPS) is 11.1. The topological polar surface area (TPSA) is 67.4 Å². The van der Waals surface area contributed by atoms with Gasteiger partial charge in [0.1, 0.15) is 0 Å². The molecule has 0 saturated carbocycles. The lowest BCUT2D eigenvalue weighted by atomic mass is 10.1. The predicted molar refractivity (Wildman–Crippen MR) is 88.8 cm³/mol. The van der Waals surface area contributed by atoms with Crippen molar-refractivity contribution in [3.63, 3.8) is 0 Å². The van der Waals surface area contributed by atoms with Gasteiger partial charge in [0.05, 0.1) is 11.3 Å². The zero-order chi connectivity index (χ0) is 16.6. The predicted octanol–water partition coefficient (Wildman–Crippen LogP) is 3.15. The molecule has 2 N–H and O–H groups in total. The van der Waals surface area contributed by atoms with Crippen molar-refractivity contribution in [2.75, 3.05) is 25.1 Å². The van der Waals surface area contributed by atoms with Crippen molar-refractivity contribution >= 4 is 52.3 Å². The summed E-state index contributed by atoms with van der Waals surface area (Å²) in [5.41, 5.74) is 0.572. The highest BCUT2D eigenvalue weighted by atomic mass is 35.6. The van der Waals surface area contributed by atoms with Gasteiger partial charge < -0.3 is 15.4 Å². The molecule has 0 atom stereocenters. The summed E-state index contributed by atoms with van der Waals surface area (Å²) in [7, 11) is 0. The minimum absolute atomic E-state index is 0.279. The Morgan fingerprint density at radius 1 is 1.23 bits per heavy atom. The quantitative estimate of drug-likeness (QED) is 0.574. The molecule has 1 aromatic rings. The van der Waals surface area contributed by atoms with Gasteiger partial charge in [-0.1, -0.05) is 46.9 Å². The average Bonchev–Trinajstić information content (AvgIpc) is 2.46. The highest BCUT2D eigenvalue weighted by Crippen LogP contribution is 2.28. The molecule has 5 nitrogen and oxygen atoms in total. The maximum absolute atomic E-state index is 12.1. The molecular formula is C14H17Cl3N2O3. The van der Waals surface area contributed by atoms with E-state index in [0.717, 1.165) is 0 Å². The van der Waals surface area contributed by atoms with Crippen LogP contribution in [0.5, 0.6) is 0 Å². The fourth-order valence-electron chi connectivity index (χ4n) is 1.60. The molecule has 0 saturated heterocycles. The number of carbonyl (C=O) groups is 2. The van der Waals surface area contributed by atoms with Crippen LogP contribution in [-0.4, -0.2) is 35.4 Å². The molecule has 22 heavy (non-hydrogen) atoms. The van der Waals surface area contributed by atoms with Gasteiger partial charge in [-0.25, -0.2) is 0 Å². The molecule has 0 aromatic heterocycles. The van der Waals surface area contributed by atoms with E-state index in [-0.39, 0.29) is 11.6 Å². The first-order valence-corrected chi connectivity index (χ1v) is 7.82. The zero-order valence-corrected chi connectivity index (χ0v) is 14.3. The van der Waals surface area contributed by atoms with Gasteiger partial charge in [-0.15, -0.1) is 0 Å². The van der Waals surface area contributed by atoms with Crippen LogP contribution >= 0.6 is 34.8 Å². The standard InChI is InChI=1S/C14H17Cl3N2O3/c1-2-22-9-5-8-18-12(20)10-6-3-4-7-11(10)19-13(21)14(15,16)17/h3-4,6-7H,2,5,8-9H2,1H3,(H,18,20)(H,19,21). The second kappa shape index (κ2) is 9.20. The number of nitrogens with one attached hydrogen (secondary N) is 2. The Morgan fingerprint density at radius 2 is 1.91 bits per heavy atom. The van der Waals surface area contributed by atoms with Gasteiger partial charge in [-0.2, -0.15) is 0 Å². The number of hydrogen-bond donors (Lipinski definition) is 2.